The number of carbonyl (C=O) groups is 2. The molecule has 1 saturated heterocycles. The number of carbonyl (C=O) groups excluding carboxylic acids is 2. The van der Waals surface area contributed by atoms with Crippen LogP contribution in [0.25, 0.3) is 5.76 Å². The topological polar surface area (TPSA) is 92.9 Å². The maximum absolute atomic E-state index is 13.1. The number of Topliss-reactive ketones (excluding diaryl/α,β-unsaturated/α-hetero) is 1. The number of ether oxygens (including phenoxy) is 1. The fourth-order valence-electron chi connectivity index (χ4n) is 3.72. The summed E-state index contributed by atoms with van der Waals surface area (Å²) in [5.41, 5.74) is 2.12. The van der Waals surface area contributed by atoms with Crippen LogP contribution < -0.4 is 9.64 Å². The molecular formula is C25H24N2O5. The first-order valence-corrected chi connectivity index (χ1v) is 10.3. The quantitative estimate of drug-likeness (QED) is 0.357. The van der Waals surface area contributed by atoms with Gasteiger partial charge in [0.1, 0.15) is 17.3 Å². The zero-order valence-electron chi connectivity index (χ0n) is 18.3. The summed E-state index contributed by atoms with van der Waals surface area (Å²) >= 11 is 0. The van der Waals surface area contributed by atoms with Gasteiger partial charge < -0.3 is 14.4 Å². The molecule has 2 aromatic carbocycles. The second kappa shape index (κ2) is 8.34. The first-order valence-electron chi connectivity index (χ1n) is 10.3. The number of aliphatic hydroxyl groups excluding tert-OH is 1. The molecule has 2 heterocycles. The van der Waals surface area contributed by atoms with Crippen LogP contribution in [0, 0.1) is 13.8 Å². The molecule has 1 unspecified atom stereocenters. The lowest BCUT2D eigenvalue weighted by molar-refractivity contribution is -0.132. The van der Waals surface area contributed by atoms with Crippen LogP contribution in [0.3, 0.4) is 0 Å². The van der Waals surface area contributed by atoms with Crippen LogP contribution in [-0.2, 0) is 9.59 Å². The number of ketones is 1. The molecule has 1 aliphatic heterocycles. The van der Waals surface area contributed by atoms with Crippen molar-refractivity contribution < 1.29 is 24.0 Å². The van der Waals surface area contributed by atoms with Gasteiger partial charge in [-0.05, 0) is 57.5 Å². The summed E-state index contributed by atoms with van der Waals surface area (Å²) in [5, 5.41) is 15.1. The molecule has 7 heteroatoms. The monoisotopic (exact) mass is 432 g/mol. The molecule has 7 nitrogen and oxygen atoms in total. The predicted octanol–water partition coefficient (Wildman–Crippen LogP) is 4.70. The van der Waals surface area contributed by atoms with Crippen molar-refractivity contribution in [3.63, 3.8) is 0 Å². The number of aliphatic hydroxyl groups is 1. The molecule has 1 atom stereocenters. The molecule has 3 aromatic rings. The average Bonchev–Trinajstić information content (AvgIpc) is 3.29. The number of hydrogen-bond donors (Lipinski definition) is 1. The maximum Gasteiger partial charge on any atom is 0.301 e. The van der Waals surface area contributed by atoms with Crippen molar-refractivity contribution in [1.82, 2.24) is 5.16 Å². The maximum atomic E-state index is 13.1. The van der Waals surface area contributed by atoms with Gasteiger partial charge in [-0.1, -0.05) is 35.0 Å². The minimum absolute atomic E-state index is 0.00275. The highest BCUT2D eigenvalue weighted by atomic mass is 16.5. The molecule has 32 heavy (non-hydrogen) atoms. The molecule has 1 aromatic heterocycles. The van der Waals surface area contributed by atoms with Crippen LogP contribution in [0.1, 0.15) is 42.3 Å². The highest BCUT2D eigenvalue weighted by Gasteiger charge is 2.48. The third-order valence-corrected chi connectivity index (χ3v) is 5.20. The molecular weight excluding hydrogens is 408 g/mol. The van der Waals surface area contributed by atoms with Gasteiger partial charge in [0, 0.05) is 11.6 Å². The van der Waals surface area contributed by atoms with Crippen molar-refractivity contribution in [3.05, 3.63) is 82.6 Å². The molecule has 1 fully saturated rings. The van der Waals surface area contributed by atoms with E-state index in [0.29, 0.717) is 22.6 Å². The van der Waals surface area contributed by atoms with E-state index in [4.69, 9.17) is 9.26 Å². The zero-order chi connectivity index (χ0) is 23.0. The Morgan fingerprint density at radius 2 is 1.72 bits per heavy atom. The Kier molecular flexibility index (Phi) is 5.57. The Hall–Kier alpha value is -3.87. The molecule has 1 N–H and O–H groups in total. The summed E-state index contributed by atoms with van der Waals surface area (Å²) < 4.78 is 10.8. The lowest BCUT2D eigenvalue weighted by atomic mass is 9.94. The van der Waals surface area contributed by atoms with Crippen molar-refractivity contribution in [2.45, 2.75) is 39.8 Å². The summed E-state index contributed by atoms with van der Waals surface area (Å²) in [7, 11) is 0. The van der Waals surface area contributed by atoms with Crippen molar-refractivity contribution in [2.24, 2.45) is 0 Å². The zero-order valence-corrected chi connectivity index (χ0v) is 18.3. The lowest BCUT2D eigenvalue weighted by Gasteiger charge is -2.23. The number of rotatable bonds is 5. The van der Waals surface area contributed by atoms with Gasteiger partial charge in [-0.15, -0.1) is 0 Å². The second-order valence-electron chi connectivity index (χ2n) is 8.07. The van der Waals surface area contributed by atoms with Crippen LogP contribution in [0.5, 0.6) is 5.75 Å². The lowest BCUT2D eigenvalue weighted by Crippen LogP contribution is -2.29. The van der Waals surface area contributed by atoms with E-state index in [-0.39, 0.29) is 23.3 Å². The van der Waals surface area contributed by atoms with Gasteiger partial charge in [-0.25, -0.2) is 0 Å². The Morgan fingerprint density at radius 3 is 2.28 bits per heavy atom. The third kappa shape index (κ3) is 3.89. The summed E-state index contributed by atoms with van der Waals surface area (Å²) in [6, 6.07) is 14.9. The van der Waals surface area contributed by atoms with Crippen molar-refractivity contribution in [1.29, 1.82) is 0 Å². The standard InChI is InChI=1S/C25H24N2O5/c1-14(2)31-19-11-9-18(10-12-19)23(28)21-22(17-7-5-15(3)6-8-17)27(25(30)24(21)29)20-13-16(4)32-26-20/h5-14,22,28H,1-4H3/b23-21+. The minimum Gasteiger partial charge on any atom is -0.507 e. The molecule has 0 bridgehead atoms. The number of nitrogens with zero attached hydrogens (tertiary/aromatic N) is 2. The molecule has 0 saturated carbocycles. The van der Waals surface area contributed by atoms with E-state index in [1.54, 1.807) is 37.3 Å². The molecule has 1 amide bonds. The summed E-state index contributed by atoms with van der Waals surface area (Å²) in [4.78, 5) is 27.4. The smallest absolute Gasteiger partial charge is 0.301 e. The molecule has 1 aliphatic rings. The average molecular weight is 432 g/mol. The van der Waals surface area contributed by atoms with Crippen LogP contribution >= 0.6 is 0 Å². The summed E-state index contributed by atoms with van der Waals surface area (Å²) in [6.07, 6.45) is 0.00669. The van der Waals surface area contributed by atoms with Crippen molar-refractivity contribution >= 4 is 23.3 Å². The summed E-state index contributed by atoms with van der Waals surface area (Å²) in [6.45, 7) is 7.49. The number of amides is 1. The highest BCUT2D eigenvalue weighted by molar-refractivity contribution is 6.51. The Bertz CT molecular complexity index is 1190. The minimum atomic E-state index is -0.841. The van der Waals surface area contributed by atoms with E-state index in [2.05, 4.69) is 5.16 Å². The first kappa shape index (κ1) is 21.4. The van der Waals surface area contributed by atoms with Crippen LogP contribution in [0.2, 0.25) is 0 Å². The van der Waals surface area contributed by atoms with Gasteiger partial charge in [-0.3, -0.25) is 14.5 Å². The van der Waals surface area contributed by atoms with Crippen LogP contribution in [0.15, 0.2) is 64.7 Å². The fraction of sp³-hybridized carbons (Fsp3) is 0.240. The number of aromatic nitrogens is 1. The van der Waals surface area contributed by atoms with Gasteiger partial charge in [0.25, 0.3) is 5.78 Å². The highest BCUT2D eigenvalue weighted by Crippen LogP contribution is 2.42. The SMILES string of the molecule is Cc1ccc(C2/C(=C(\O)c3ccc(OC(C)C)cc3)C(=O)C(=O)N2c2cc(C)on2)cc1. The van der Waals surface area contributed by atoms with E-state index in [0.717, 1.165) is 5.56 Å². The van der Waals surface area contributed by atoms with Gasteiger partial charge in [-0.2, -0.15) is 0 Å². The van der Waals surface area contributed by atoms with Crippen LogP contribution in [-0.4, -0.2) is 28.1 Å². The van der Waals surface area contributed by atoms with E-state index in [9.17, 15) is 14.7 Å². The molecule has 0 spiro atoms. The first-order chi connectivity index (χ1) is 15.3. The molecule has 4 rings (SSSR count). The second-order valence-corrected chi connectivity index (χ2v) is 8.07. The van der Waals surface area contributed by atoms with Gasteiger partial charge in [0.15, 0.2) is 5.82 Å². The number of anilines is 1. The number of hydrogen-bond acceptors (Lipinski definition) is 6. The summed E-state index contributed by atoms with van der Waals surface area (Å²) in [5.74, 6) is -0.445. The fourth-order valence-corrected chi connectivity index (χ4v) is 3.72. The Balaban J connectivity index is 1.85. The number of benzene rings is 2. The molecule has 164 valence electrons. The van der Waals surface area contributed by atoms with Gasteiger partial charge in [0.05, 0.1) is 17.7 Å². The Morgan fingerprint density at radius 1 is 1.06 bits per heavy atom. The van der Waals surface area contributed by atoms with E-state index >= 15 is 0 Å². The largest absolute Gasteiger partial charge is 0.507 e. The van der Waals surface area contributed by atoms with Gasteiger partial charge in [0.2, 0.25) is 0 Å². The van der Waals surface area contributed by atoms with E-state index in [1.807, 2.05) is 45.0 Å². The van der Waals surface area contributed by atoms with Crippen molar-refractivity contribution in [3.8, 4) is 5.75 Å². The Labute approximate surface area is 185 Å². The van der Waals surface area contributed by atoms with E-state index < -0.39 is 17.7 Å². The molecule has 0 aliphatic carbocycles. The third-order valence-electron chi connectivity index (χ3n) is 5.20. The number of aryl methyl sites for hydroxylation is 2. The normalized spacial score (nSPS) is 17.9. The van der Waals surface area contributed by atoms with Crippen LogP contribution in [0.4, 0.5) is 5.82 Å². The molecule has 0 radical (unpaired) electrons. The van der Waals surface area contributed by atoms with E-state index in [1.165, 1.54) is 4.90 Å². The van der Waals surface area contributed by atoms with Crippen molar-refractivity contribution in [2.75, 3.05) is 4.90 Å². The van der Waals surface area contributed by atoms with Gasteiger partial charge >= 0.3 is 5.91 Å². The predicted molar refractivity (Wildman–Crippen MR) is 119 cm³/mol.